The molecule has 1 aromatic rings. The summed E-state index contributed by atoms with van der Waals surface area (Å²) in [4.78, 5) is 16.6. The molecule has 1 aromatic heterocycles. The molecular weight excluding hydrogens is 336 g/mol. The van der Waals surface area contributed by atoms with Gasteiger partial charge >= 0.3 is 6.09 Å². The van der Waals surface area contributed by atoms with Gasteiger partial charge in [0.2, 0.25) is 0 Å². The predicted octanol–water partition coefficient (Wildman–Crippen LogP) is 3.37. The number of halogens is 1. The van der Waals surface area contributed by atoms with Gasteiger partial charge in [-0.15, -0.1) is 0 Å². The minimum absolute atomic E-state index is 0.422. The number of nitrogens with zero attached hydrogens (tertiary/aromatic N) is 1. The number of aromatic nitrogens is 1. The third-order valence-corrected chi connectivity index (χ3v) is 3.77. The van der Waals surface area contributed by atoms with Crippen LogP contribution in [0.1, 0.15) is 39.3 Å². The molecule has 1 N–H and O–H groups in total. The molecule has 0 aromatic carbocycles. The fraction of sp³-hybridized carbons (Fsp3) is 0.600. The Hall–Kier alpha value is -1.14. The molecule has 1 aliphatic rings. The summed E-state index contributed by atoms with van der Waals surface area (Å²) in [6.07, 6.45) is 2.68. The van der Waals surface area contributed by atoms with Gasteiger partial charge in [0.15, 0.2) is 0 Å². The van der Waals surface area contributed by atoms with Gasteiger partial charge in [0.1, 0.15) is 5.60 Å². The quantitative estimate of drug-likeness (QED) is 0.882. The van der Waals surface area contributed by atoms with Crippen LogP contribution in [0, 0.1) is 0 Å². The largest absolute Gasteiger partial charge is 0.444 e. The lowest BCUT2D eigenvalue weighted by Crippen LogP contribution is -2.51. The molecule has 1 saturated heterocycles. The summed E-state index contributed by atoms with van der Waals surface area (Å²) in [5.41, 5.74) is -0.218. The predicted molar refractivity (Wildman–Crippen MR) is 83.0 cm³/mol. The van der Waals surface area contributed by atoms with E-state index >= 15 is 0 Å². The maximum Gasteiger partial charge on any atom is 0.408 e. The van der Waals surface area contributed by atoms with Crippen molar-refractivity contribution in [3.8, 4) is 0 Å². The van der Waals surface area contributed by atoms with Gasteiger partial charge in [0.05, 0.1) is 11.2 Å². The van der Waals surface area contributed by atoms with Crippen LogP contribution in [0.3, 0.4) is 0 Å². The van der Waals surface area contributed by atoms with Crippen molar-refractivity contribution in [1.29, 1.82) is 0 Å². The fourth-order valence-electron chi connectivity index (χ4n) is 2.32. The van der Waals surface area contributed by atoms with E-state index in [2.05, 4.69) is 26.2 Å². The number of nitrogens with one attached hydrogen (secondary N) is 1. The molecule has 1 fully saturated rings. The van der Waals surface area contributed by atoms with Crippen LogP contribution in [0.15, 0.2) is 22.8 Å². The molecule has 21 heavy (non-hydrogen) atoms. The Bertz CT molecular complexity index is 491. The second kappa shape index (κ2) is 6.32. The number of ether oxygens (including phenoxy) is 2. The van der Waals surface area contributed by atoms with Crippen LogP contribution in [0.2, 0.25) is 0 Å². The molecule has 0 unspecified atom stereocenters. The van der Waals surface area contributed by atoms with E-state index in [0.717, 1.165) is 10.2 Å². The van der Waals surface area contributed by atoms with Gasteiger partial charge in [-0.25, -0.2) is 4.79 Å². The summed E-state index contributed by atoms with van der Waals surface area (Å²) in [5, 5.41) is 3.01. The maximum absolute atomic E-state index is 12.2. The standard InChI is InChI=1S/C15H21BrN2O3/c1-14(2,3)21-13(19)18-15(6-8-20-9-7-15)12-5-4-11(16)10-17-12/h4-5,10H,6-9H2,1-3H3,(H,18,19). The first kappa shape index (κ1) is 16.2. The Morgan fingerprint density at radius 2 is 2.05 bits per heavy atom. The molecule has 1 amide bonds. The van der Waals surface area contributed by atoms with Crippen LogP contribution in [-0.2, 0) is 15.0 Å². The Labute approximate surface area is 133 Å². The van der Waals surface area contributed by atoms with Crippen molar-refractivity contribution >= 4 is 22.0 Å². The first-order valence-electron chi connectivity index (χ1n) is 7.02. The molecule has 5 nitrogen and oxygen atoms in total. The minimum Gasteiger partial charge on any atom is -0.444 e. The summed E-state index contributed by atoms with van der Waals surface area (Å²) < 4.78 is 11.7. The van der Waals surface area contributed by atoms with Crippen LogP contribution in [0.25, 0.3) is 0 Å². The highest BCUT2D eigenvalue weighted by Gasteiger charge is 2.38. The van der Waals surface area contributed by atoms with Crippen LogP contribution in [0.5, 0.6) is 0 Å². The molecule has 0 bridgehead atoms. The highest BCUT2D eigenvalue weighted by molar-refractivity contribution is 9.10. The van der Waals surface area contributed by atoms with Crippen molar-refractivity contribution in [2.45, 2.75) is 44.8 Å². The van der Waals surface area contributed by atoms with E-state index in [1.54, 1.807) is 6.20 Å². The molecule has 0 spiro atoms. The zero-order chi connectivity index (χ0) is 15.5. The Kier molecular flexibility index (Phi) is 4.88. The highest BCUT2D eigenvalue weighted by atomic mass is 79.9. The third kappa shape index (κ3) is 4.41. The van der Waals surface area contributed by atoms with Gasteiger partial charge in [-0.1, -0.05) is 0 Å². The van der Waals surface area contributed by atoms with Gasteiger partial charge in [0, 0.05) is 23.9 Å². The summed E-state index contributed by atoms with van der Waals surface area (Å²) in [6.45, 7) is 6.73. The summed E-state index contributed by atoms with van der Waals surface area (Å²) >= 11 is 3.38. The number of hydrogen-bond donors (Lipinski definition) is 1. The molecule has 0 aliphatic carbocycles. The molecule has 0 atom stereocenters. The SMILES string of the molecule is CC(C)(C)OC(=O)NC1(c2ccc(Br)cn2)CCOCC1. The summed E-state index contributed by atoms with van der Waals surface area (Å²) in [5.74, 6) is 0. The number of alkyl carbamates (subject to hydrolysis) is 1. The highest BCUT2D eigenvalue weighted by Crippen LogP contribution is 2.31. The number of carbonyl (C=O) groups excluding carboxylic acids is 1. The number of rotatable bonds is 2. The first-order chi connectivity index (χ1) is 9.81. The summed E-state index contributed by atoms with van der Waals surface area (Å²) in [6, 6.07) is 3.85. The van der Waals surface area contributed by atoms with Crippen LogP contribution < -0.4 is 5.32 Å². The van der Waals surface area contributed by atoms with Crippen LogP contribution in [-0.4, -0.2) is 29.9 Å². The van der Waals surface area contributed by atoms with E-state index in [0.29, 0.717) is 26.1 Å². The molecule has 2 rings (SSSR count). The fourth-order valence-corrected chi connectivity index (χ4v) is 2.56. The molecular formula is C15H21BrN2O3. The molecule has 116 valence electrons. The van der Waals surface area contributed by atoms with Crippen LogP contribution >= 0.6 is 15.9 Å². The molecule has 2 heterocycles. The Balaban J connectivity index is 2.21. The zero-order valence-corrected chi connectivity index (χ0v) is 14.2. The topological polar surface area (TPSA) is 60.5 Å². The van der Waals surface area contributed by atoms with Gasteiger partial charge in [0.25, 0.3) is 0 Å². The second-order valence-corrected chi connectivity index (χ2v) is 7.10. The van der Waals surface area contributed by atoms with Gasteiger partial charge in [-0.3, -0.25) is 4.98 Å². The Morgan fingerprint density at radius 3 is 2.57 bits per heavy atom. The van der Waals surface area contributed by atoms with Gasteiger partial charge in [-0.2, -0.15) is 0 Å². The van der Waals surface area contributed by atoms with E-state index in [9.17, 15) is 4.79 Å². The van der Waals surface area contributed by atoms with Crippen molar-refractivity contribution in [3.05, 3.63) is 28.5 Å². The van der Waals surface area contributed by atoms with Crippen LogP contribution in [0.4, 0.5) is 4.79 Å². The van der Waals surface area contributed by atoms with Gasteiger partial charge < -0.3 is 14.8 Å². The number of amides is 1. The first-order valence-corrected chi connectivity index (χ1v) is 7.81. The van der Waals surface area contributed by atoms with Crippen molar-refractivity contribution in [1.82, 2.24) is 10.3 Å². The maximum atomic E-state index is 12.2. The van der Waals surface area contributed by atoms with Crippen molar-refractivity contribution < 1.29 is 14.3 Å². The molecule has 0 saturated carbocycles. The van der Waals surface area contributed by atoms with Crippen molar-refractivity contribution in [3.63, 3.8) is 0 Å². The number of pyridine rings is 1. The minimum atomic E-state index is -0.527. The Morgan fingerprint density at radius 1 is 1.38 bits per heavy atom. The van der Waals surface area contributed by atoms with Crippen molar-refractivity contribution in [2.75, 3.05) is 13.2 Å². The second-order valence-electron chi connectivity index (χ2n) is 6.18. The smallest absolute Gasteiger partial charge is 0.408 e. The number of carbonyl (C=O) groups is 1. The zero-order valence-electron chi connectivity index (χ0n) is 12.6. The van der Waals surface area contributed by atoms with E-state index in [-0.39, 0.29) is 0 Å². The monoisotopic (exact) mass is 356 g/mol. The van der Waals surface area contributed by atoms with E-state index < -0.39 is 17.2 Å². The lowest BCUT2D eigenvalue weighted by atomic mass is 9.86. The molecule has 1 aliphatic heterocycles. The van der Waals surface area contributed by atoms with E-state index in [4.69, 9.17) is 9.47 Å². The lowest BCUT2D eigenvalue weighted by molar-refractivity contribution is 0.0145. The molecule has 6 heteroatoms. The van der Waals surface area contributed by atoms with E-state index in [1.807, 2.05) is 32.9 Å². The summed E-state index contributed by atoms with van der Waals surface area (Å²) in [7, 11) is 0. The van der Waals surface area contributed by atoms with Crippen molar-refractivity contribution in [2.24, 2.45) is 0 Å². The number of hydrogen-bond acceptors (Lipinski definition) is 4. The van der Waals surface area contributed by atoms with E-state index in [1.165, 1.54) is 0 Å². The molecule has 0 radical (unpaired) electrons. The normalized spacial score (nSPS) is 18.1. The van der Waals surface area contributed by atoms with Gasteiger partial charge in [-0.05, 0) is 61.7 Å². The third-order valence-electron chi connectivity index (χ3n) is 3.30. The average molecular weight is 357 g/mol. The lowest BCUT2D eigenvalue weighted by Gasteiger charge is -2.37. The average Bonchev–Trinajstić information content (AvgIpc) is 2.38.